The number of rotatable bonds is 4. The molecular weight excluding hydrogens is 238 g/mol. The van der Waals surface area contributed by atoms with Gasteiger partial charge in [-0.2, -0.15) is 0 Å². The molecule has 0 saturated heterocycles. The molecule has 4 aliphatic carbocycles. The fraction of sp³-hybridized carbons (Fsp3) is 0.750. The van der Waals surface area contributed by atoms with E-state index < -0.39 is 0 Å². The van der Waals surface area contributed by atoms with Gasteiger partial charge in [0.2, 0.25) is 0 Å². The lowest BCUT2D eigenvalue weighted by molar-refractivity contribution is -0.171. The van der Waals surface area contributed by atoms with Gasteiger partial charge in [-0.1, -0.05) is 0 Å². The van der Waals surface area contributed by atoms with Crippen LogP contribution in [0.15, 0.2) is 16.7 Å². The monoisotopic (exact) mass is 261 g/mol. The molecule has 4 fully saturated rings. The molecule has 1 aromatic heterocycles. The van der Waals surface area contributed by atoms with E-state index in [0.29, 0.717) is 13.2 Å². The molecule has 4 aliphatic rings. The molecule has 2 N–H and O–H groups in total. The maximum atomic E-state index is 6.38. The van der Waals surface area contributed by atoms with Gasteiger partial charge < -0.3 is 14.9 Å². The maximum absolute atomic E-state index is 6.38. The fourth-order valence-electron chi connectivity index (χ4n) is 5.10. The van der Waals surface area contributed by atoms with Gasteiger partial charge in [0, 0.05) is 12.1 Å². The van der Waals surface area contributed by atoms with Crippen molar-refractivity contribution >= 4 is 0 Å². The highest BCUT2D eigenvalue weighted by molar-refractivity contribution is 5.16. The smallest absolute Gasteiger partial charge is 0.133 e. The summed E-state index contributed by atoms with van der Waals surface area (Å²) in [5.74, 6) is 3.71. The molecule has 3 nitrogen and oxygen atoms in total. The molecule has 0 aromatic carbocycles. The minimum atomic E-state index is 0.160. The number of nitrogens with two attached hydrogens (primary N) is 1. The standard InChI is InChI=1S/C16H23NO2/c17-9-14-1-2-18-15(14)10-19-16-6-11-3-12(7-16)5-13(4-11)8-16/h1-2,11-13H,3-10,17H2. The number of ether oxygens (including phenoxy) is 1. The lowest BCUT2D eigenvalue weighted by atomic mass is 9.54. The third kappa shape index (κ3) is 2.03. The Bertz CT molecular complexity index is 430. The molecule has 19 heavy (non-hydrogen) atoms. The minimum absolute atomic E-state index is 0.160. The molecule has 3 heteroatoms. The Morgan fingerprint density at radius 3 is 2.37 bits per heavy atom. The normalized spacial score (nSPS) is 39.9. The van der Waals surface area contributed by atoms with E-state index in [-0.39, 0.29) is 5.60 Å². The zero-order valence-electron chi connectivity index (χ0n) is 11.4. The lowest BCUT2D eigenvalue weighted by Crippen LogP contribution is -2.51. The van der Waals surface area contributed by atoms with Crippen molar-refractivity contribution in [2.45, 2.75) is 57.3 Å². The van der Waals surface area contributed by atoms with Crippen molar-refractivity contribution in [1.29, 1.82) is 0 Å². The van der Waals surface area contributed by atoms with Gasteiger partial charge in [-0.05, 0) is 62.3 Å². The van der Waals surface area contributed by atoms with Crippen LogP contribution in [-0.4, -0.2) is 5.60 Å². The van der Waals surface area contributed by atoms with Crippen molar-refractivity contribution in [3.8, 4) is 0 Å². The lowest BCUT2D eigenvalue weighted by Gasteiger charge is -2.56. The van der Waals surface area contributed by atoms with Crippen LogP contribution in [0.4, 0.5) is 0 Å². The van der Waals surface area contributed by atoms with Crippen LogP contribution in [0, 0.1) is 17.8 Å². The maximum Gasteiger partial charge on any atom is 0.133 e. The molecule has 1 aromatic rings. The van der Waals surface area contributed by atoms with Crippen LogP contribution in [0.2, 0.25) is 0 Å². The molecule has 0 spiro atoms. The number of hydrogen-bond acceptors (Lipinski definition) is 3. The summed E-state index contributed by atoms with van der Waals surface area (Å²) in [6, 6.07) is 1.96. The molecule has 5 rings (SSSR count). The van der Waals surface area contributed by atoms with E-state index in [4.69, 9.17) is 14.9 Å². The highest BCUT2D eigenvalue weighted by Crippen LogP contribution is 2.57. The van der Waals surface area contributed by atoms with Crippen LogP contribution < -0.4 is 5.73 Å². The molecule has 1 heterocycles. The summed E-state index contributed by atoms with van der Waals surface area (Å²) >= 11 is 0. The Hall–Kier alpha value is -0.800. The summed E-state index contributed by atoms with van der Waals surface area (Å²) in [5, 5.41) is 0. The predicted molar refractivity (Wildman–Crippen MR) is 72.3 cm³/mol. The molecule has 0 amide bonds. The highest BCUT2D eigenvalue weighted by atomic mass is 16.5. The van der Waals surface area contributed by atoms with Crippen molar-refractivity contribution in [3.05, 3.63) is 23.7 Å². The van der Waals surface area contributed by atoms with Crippen molar-refractivity contribution < 1.29 is 9.15 Å². The first-order valence-corrected chi connectivity index (χ1v) is 7.65. The van der Waals surface area contributed by atoms with Crippen LogP contribution >= 0.6 is 0 Å². The molecule has 4 saturated carbocycles. The molecule has 4 bridgehead atoms. The Morgan fingerprint density at radius 1 is 1.16 bits per heavy atom. The van der Waals surface area contributed by atoms with Gasteiger partial charge in [0.05, 0.1) is 11.9 Å². The Balaban J connectivity index is 1.48. The van der Waals surface area contributed by atoms with Gasteiger partial charge in [0.1, 0.15) is 12.4 Å². The summed E-state index contributed by atoms with van der Waals surface area (Å²) in [6.45, 7) is 1.14. The third-order valence-electron chi connectivity index (χ3n) is 5.55. The van der Waals surface area contributed by atoms with E-state index in [2.05, 4.69) is 0 Å². The van der Waals surface area contributed by atoms with E-state index in [9.17, 15) is 0 Å². The first kappa shape index (κ1) is 12.0. The van der Waals surface area contributed by atoms with Gasteiger partial charge in [-0.15, -0.1) is 0 Å². The van der Waals surface area contributed by atoms with Crippen molar-refractivity contribution in [2.24, 2.45) is 23.5 Å². The first-order valence-electron chi connectivity index (χ1n) is 7.65. The summed E-state index contributed by atoms with van der Waals surface area (Å²) in [5.41, 5.74) is 6.96. The summed E-state index contributed by atoms with van der Waals surface area (Å²) in [6.07, 6.45) is 9.92. The molecule has 0 atom stereocenters. The zero-order valence-corrected chi connectivity index (χ0v) is 11.4. The summed E-state index contributed by atoms with van der Waals surface area (Å²) in [4.78, 5) is 0. The molecule has 0 unspecified atom stereocenters. The average Bonchev–Trinajstić information content (AvgIpc) is 2.82. The number of hydrogen-bond donors (Lipinski definition) is 1. The van der Waals surface area contributed by atoms with Crippen LogP contribution in [-0.2, 0) is 17.9 Å². The second-order valence-corrected chi connectivity index (χ2v) is 6.96. The third-order valence-corrected chi connectivity index (χ3v) is 5.55. The predicted octanol–water partition coefficient (Wildman–Crippen LogP) is 3.22. The average molecular weight is 261 g/mol. The zero-order chi connectivity index (χ0) is 12.9. The van der Waals surface area contributed by atoms with Gasteiger partial charge in [-0.25, -0.2) is 0 Å². The Kier molecular flexibility index (Phi) is 2.75. The molecule has 104 valence electrons. The van der Waals surface area contributed by atoms with Crippen LogP contribution in [0.5, 0.6) is 0 Å². The topological polar surface area (TPSA) is 48.4 Å². The summed E-state index contributed by atoms with van der Waals surface area (Å²) < 4.78 is 11.9. The van der Waals surface area contributed by atoms with Crippen LogP contribution in [0.25, 0.3) is 0 Å². The van der Waals surface area contributed by atoms with Crippen LogP contribution in [0.1, 0.15) is 49.8 Å². The Labute approximate surface area is 114 Å². The van der Waals surface area contributed by atoms with Crippen molar-refractivity contribution in [1.82, 2.24) is 0 Å². The van der Waals surface area contributed by atoms with Gasteiger partial charge in [0.25, 0.3) is 0 Å². The minimum Gasteiger partial charge on any atom is -0.467 e. The molecule has 0 radical (unpaired) electrons. The van der Waals surface area contributed by atoms with Gasteiger partial charge in [0.15, 0.2) is 0 Å². The van der Waals surface area contributed by atoms with Crippen LogP contribution in [0.3, 0.4) is 0 Å². The molecular formula is C16H23NO2. The van der Waals surface area contributed by atoms with Crippen molar-refractivity contribution in [3.63, 3.8) is 0 Å². The molecule has 0 aliphatic heterocycles. The van der Waals surface area contributed by atoms with E-state index in [1.54, 1.807) is 6.26 Å². The first-order chi connectivity index (χ1) is 9.26. The highest BCUT2D eigenvalue weighted by Gasteiger charge is 2.51. The fourth-order valence-corrected chi connectivity index (χ4v) is 5.10. The SMILES string of the molecule is NCc1ccoc1COC12CC3CC(CC(C3)C1)C2. The number of furan rings is 1. The van der Waals surface area contributed by atoms with E-state index in [1.807, 2.05) is 6.07 Å². The van der Waals surface area contributed by atoms with Gasteiger partial charge >= 0.3 is 0 Å². The van der Waals surface area contributed by atoms with E-state index in [1.165, 1.54) is 38.5 Å². The quantitative estimate of drug-likeness (QED) is 0.905. The van der Waals surface area contributed by atoms with E-state index in [0.717, 1.165) is 29.1 Å². The second kappa shape index (κ2) is 4.35. The summed E-state index contributed by atoms with van der Waals surface area (Å²) in [7, 11) is 0. The van der Waals surface area contributed by atoms with E-state index >= 15 is 0 Å². The van der Waals surface area contributed by atoms with Gasteiger partial charge in [-0.3, -0.25) is 0 Å². The largest absolute Gasteiger partial charge is 0.467 e. The second-order valence-electron chi connectivity index (χ2n) is 6.96. The Morgan fingerprint density at radius 2 is 1.79 bits per heavy atom. The van der Waals surface area contributed by atoms with Crippen molar-refractivity contribution in [2.75, 3.05) is 0 Å².